The fraction of sp³-hybridized carbons (Fsp3) is 0.150. The SMILES string of the molecule is COc1cc(C)ccc1OCc1csc(C(=O)Nc2c(Cl)cccc2Cl)c1. The number of methoxy groups -OCH3 is 1. The van der Waals surface area contributed by atoms with Crippen LogP contribution in [0.15, 0.2) is 47.8 Å². The second-order valence-electron chi connectivity index (χ2n) is 5.81. The van der Waals surface area contributed by atoms with Gasteiger partial charge in [0.1, 0.15) is 6.61 Å². The van der Waals surface area contributed by atoms with Gasteiger partial charge in [0.05, 0.1) is 27.7 Å². The van der Waals surface area contributed by atoms with Gasteiger partial charge >= 0.3 is 0 Å². The van der Waals surface area contributed by atoms with E-state index >= 15 is 0 Å². The van der Waals surface area contributed by atoms with Crippen LogP contribution in [0.5, 0.6) is 11.5 Å². The Labute approximate surface area is 171 Å². The van der Waals surface area contributed by atoms with Crippen LogP contribution < -0.4 is 14.8 Å². The number of rotatable bonds is 6. The Kier molecular flexibility index (Phi) is 6.26. The minimum Gasteiger partial charge on any atom is -0.493 e. The van der Waals surface area contributed by atoms with E-state index < -0.39 is 0 Å². The van der Waals surface area contributed by atoms with Crippen molar-refractivity contribution in [1.82, 2.24) is 0 Å². The highest BCUT2D eigenvalue weighted by molar-refractivity contribution is 7.12. The van der Waals surface area contributed by atoms with Crippen molar-refractivity contribution in [2.75, 3.05) is 12.4 Å². The Hall–Kier alpha value is -2.21. The molecule has 1 N–H and O–H groups in total. The molecule has 0 saturated heterocycles. The summed E-state index contributed by atoms with van der Waals surface area (Å²) in [6.07, 6.45) is 0. The van der Waals surface area contributed by atoms with Crippen LogP contribution in [-0.2, 0) is 6.61 Å². The molecule has 4 nitrogen and oxygen atoms in total. The minimum absolute atomic E-state index is 0.269. The van der Waals surface area contributed by atoms with E-state index in [-0.39, 0.29) is 5.91 Å². The van der Waals surface area contributed by atoms with E-state index in [1.165, 1.54) is 11.3 Å². The Bertz CT molecular complexity index is 951. The van der Waals surface area contributed by atoms with Gasteiger partial charge in [-0.1, -0.05) is 35.3 Å². The van der Waals surface area contributed by atoms with Crippen LogP contribution in [0.1, 0.15) is 20.8 Å². The van der Waals surface area contributed by atoms with Gasteiger partial charge in [0, 0.05) is 5.56 Å². The fourth-order valence-electron chi connectivity index (χ4n) is 2.42. The number of hydrogen-bond acceptors (Lipinski definition) is 4. The Balaban J connectivity index is 1.67. The molecule has 0 bridgehead atoms. The highest BCUT2D eigenvalue weighted by Gasteiger charge is 2.14. The molecule has 0 aliphatic carbocycles. The average molecular weight is 422 g/mol. The van der Waals surface area contributed by atoms with E-state index in [2.05, 4.69) is 5.32 Å². The molecule has 7 heteroatoms. The Morgan fingerprint density at radius 1 is 1.11 bits per heavy atom. The summed E-state index contributed by atoms with van der Waals surface area (Å²) in [7, 11) is 1.61. The van der Waals surface area contributed by atoms with Gasteiger partial charge in [-0.15, -0.1) is 11.3 Å². The highest BCUT2D eigenvalue weighted by Crippen LogP contribution is 2.31. The predicted molar refractivity (Wildman–Crippen MR) is 111 cm³/mol. The Morgan fingerprint density at radius 3 is 2.56 bits per heavy atom. The Morgan fingerprint density at radius 2 is 1.85 bits per heavy atom. The number of ether oxygens (including phenoxy) is 2. The average Bonchev–Trinajstić information content (AvgIpc) is 3.12. The largest absolute Gasteiger partial charge is 0.493 e. The van der Waals surface area contributed by atoms with E-state index in [0.29, 0.717) is 38.7 Å². The first-order chi connectivity index (χ1) is 13.0. The number of halogens is 2. The first-order valence-corrected chi connectivity index (χ1v) is 9.71. The number of thiophene rings is 1. The number of carbonyl (C=O) groups excluding carboxylic acids is 1. The number of benzene rings is 2. The lowest BCUT2D eigenvalue weighted by molar-refractivity contribution is 0.103. The molecule has 0 aliphatic rings. The van der Waals surface area contributed by atoms with Crippen molar-refractivity contribution >= 4 is 46.1 Å². The molecule has 0 unspecified atom stereocenters. The second kappa shape index (κ2) is 8.65. The minimum atomic E-state index is -0.269. The summed E-state index contributed by atoms with van der Waals surface area (Å²) < 4.78 is 11.2. The summed E-state index contributed by atoms with van der Waals surface area (Å²) >= 11 is 13.5. The maximum Gasteiger partial charge on any atom is 0.265 e. The van der Waals surface area contributed by atoms with Gasteiger partial charge in [0.15, 0.2) is 11.5 Å². The molecule has 0 aliphatic heterocycles. The predicted octanol–water partition coefficient (Wildman–Crippen LogP) is 6.20. The van der Waals surface area contributed by atoms with Gasteiger partial charge in [-0.25, -0.2) is 0 Å². The van der Waals surface area contributed by atoms with Crippen molar-refractivity contribution in [1.29, 1.82) is 0 Å². The normalized spacial score (nSPS) is 10.5. The summed E-state index contributed by atoms with van der Waals surface area (Å²) in [5.74, 6) is 1.06. The topological polar surface area (TPSA) is 47.6 Å². The molecule has 0 saturated carbocycles. The molecule has 0 atom stereocenters. The van der Waals surface area contributed by atoms with Gasteiger partial charge in [0.2, 0.25) is 0 Å². The lowest BCUT2D eigenvalue weighted by atomic mass is 10.2. The summed E-state index contributed by atoms with van der Waals surface area (Å²) in [5, 5.41) is 5.41. The van der Waals surface area contributed by atoms with Crippen molar-refractivity contribution in [3.8, 4) is 11.5 Å². The first-order valence-electron chi connectivity index (χ1n) is 8.08. The zero-order valence-corrected chi connectivity index (χ0v) is 17.0. The van der Waals surface area contributed by atoms with Gasteiger partial charge in [-0.3, -0.25) is 4.79 Å². The molecule has 1 heterocycles. The monoisotopic (exact) mass is 421 g/mol. The van der Waals surface area contributed by atoms with Crippen molar-refractivity contribution in [3.63, 3.8) is 0 Å². The van der Waals surface area contributed by atoms with Crippen LogP contribution in [-0.4, -0.2) is 13.0 Å². The summed E-state index contributed by atoms with van der Waals surface area (Å²) in [5.41, 5.74) is 2.38. The van der Waals surface area contributed by atoms with Crippen LogP contribution in [0, 0.1) is 6.92 Å². The quantitative estimate of drug-likeness (QED) is 0.514. The number of aryl methyl sites for hydroxylation is 1. The second-order valence-corrected chi connectivity index (χ2v) is 7.54. The molecule has 3 rings (SSSR count). The van der Waals surface area contributed by atoms with E-state index in [1.54, 1.807) is 31.4 Å². The van der Waals surface area contributed by atoms with Gasteiger partial charge in [0.25, 0.3) is 5.91 Å². The molecule has 1 amide bonds. The molecular formula is C20H17Cl2NO3S. The molecule has 0 fully saturated rings. The molecule has 1 aromatic heterocycles. The third kappa shape index (κ3) is 4.75. The standard InChI is InChI=1S/C20H17Cl2NO3S/c1-12-6-7-16(17(8-12)25-2)26-10-13-9-18(27-11-13)20(24)23-19-14(21)4-3-5-15(19)22/h3-9,11H,10H2,1-2H3,(H,23,24). The van der Waals surface area contributed by atoms with Crippen molar-refractivity contribution in [2.45, 2.75) is 13.5 Å². The van der Waals surface area contributed by atoms with Gasteiger partial charge in [-0.05, 0) is 48.2 Å². The fourth-order valence-corrected chi connectivity index (χ4v) is 3.70. The van der Waals surface area contributed by atoms with Crippen LogP contribution in [0.3, 0.4) is 0 Å². The molecule has 3 aromatic rings. The zero-order chi connectivity index (χ0) is 19.4. The van der Waals surface area contributed by atoms with Gasteiger partial charge < -0.3 is 14.8 Å². The van der Waals surface area contributed by atoms with E-state index in [1.807, 2.05) is 30.5 Å². The number of nitrogens with one attached hydrogen (secondary N) is 1. The molecule has 140 valence electrons. The lowest BCUT2D eigenvalue weighted by Crippen LogP contribution is -2.11. The lowest BCUT2D eigenvalue weighted by Gasteiger charge is -2.10. The first kappa shape index (κ1) is 19.5. The van der Waals surface area contributed by atoms with Gasteiger partial charge in [-0.2, -0.15) is 0 Å². The number of anilines is 1. The maximum atomic E-state index is 12.5. The molecule has 2 aromatic carbocycles. The molecular weight excluding hydrogens is 405 g/mol. The van der Waals surface area contributed by atoms with Crippen molar-refractivity contribution in [3.05, 3.63) is 73.9 Å². The number of hydrogen-bond donors (Lipinski definition) is 1. The third-order valence-electron chi connectivity index (χ3n) is 3.79. The van der Waals surface area contributed by atoms with E-state index in [4.69, 9.17) is 32.7 Å². The van der Waals surface area contributed by atoms with Crippen LogP contribution in [0.2, 0.25) is 10.0 Å². The summed E-state index contributed by atoms with van der Waals surface area (Å²) in [6, 6.07) is 12.6. The number of carbonyl (C=O) groups is 1. The number of amides is 1. The maximum absolute atomic E-state index is 12.5. The zero-order valence-electron chi connectivity index (χ0n) is 14.7. The van der Waals surface area contributed by atoms with E-state index in [9.17, 15) is 4.79 Å². The third-order valence-corrected chi connectivity index (χ3v) is 5.40. The molecule has 27 heavy (non-hydrogen) atoms. The summed E-state index contributed by atoms with van der Waals surface area (Å²) in [4.78, 5) is 13.0. The van der Waals surface area contributed by atoms with Crippen molar-refractivity contribution < 1.29 is 14.3 Å². The van der Waals surface area contributed by atoms with Crippen LogP contribution >= 0.6 is 34.5 Å². The van der Waals surface area contributed by atoms with Crippen LogP contribution in [0.25, 0.3) is 0 Å². The number of para-hydroxylation sites is 1. The molecule has 0 spiro atoms. The van der Waals surface area contributed by atoms with Crippen molar-refractivity contribution in [2.24, 2.45) is 0 Å². The highest BCUT2D eigenvalue weighted by atomic mass is 35.5. The van der Waals surface area contributed by atoms with E-state index in [0.717, 1.165) is 11.1 Å². The summed E-state index contributed by atoms with van der Waals surface area (Å²) in [6.45, 7) is 2.32. The molecule has 0 radical (unpaired) electrons. The smallest absolute Gasteiger partial charge is 0.265 e. The van der Waals surface area contributed by atoms with Crippen LogP contribution in [0.4, 0.5) is 5.69 Å².